The molecule has 1 rings (SSSR count). The number of carboxylic acids is 2. The second-order valence-electron chi connectivity index (χ2n) is 4.60. The number of aliphatic carboxylic acids is 2. The van der Waals surface area contributed by atoms with Gasteiger partial charge < -0.3 is 30.5 Å². The third-order valence-corrected chi connectivity index (χ3v) is 2.81. The number of carboxylic acid groups (broad SMARTS) is 2. The third-order valence-electron chi connectivity index (χ3n) is 2.81. The van der Waals surface area contributed by atoms with Crippen LogP contribution in [-0.4, -0.2) is 78.5 Å². The normalized spacial score (nSPS) is 20.9. The molecule has 2 atom stereocenters. The number of nitrogens with one attached hydrogen (secondary N) is 2. The summed E-state index contributed by atoms with van der Waals surface area (Å²) < 4.78 is 5.42. The van der Waals surface area contributed by atoms with E-state index in [1.165, 1.54) is 0 Å². The van der Waals surface area contributed by atoms with Crippen molar-refractivity contribution in [1.82, 2.24) is 15.5 Å². The zero-order chi connectivity index (χ0) is 15.1. The Bertz CT molecular complexity index is 375. The highest BCUT2D eigenvalue weighted by Gasteiger charge is 2.24. The van der Waals surface area contributed by atoms with Crippen LogP contribution < -0.4 is 10.6 Å². The molecule has 0 bridgehead atoms. The number of amides is 2. The van der Waals surface area contributed by atoms with Crippen LogP contribution >= 0.6 is 0 Å². The lowest BCUT2D eigenvalue weighted by Gasteiger charge is -2.30. The maximum atomic E-state index is 11.5. The number of ether oxygens (including phenoxy) is 1. The lowest BCUT2D eigenvalue weighted by Crippen LogP contribution is -2.51. The first-order chi connectivity index (χ1) is 9.38. The summed E-state index contributed by atoms with van der Waals surface area (Å²) in [5.74, 6) is -2.69. The van der Waals surface area contributed by atoms with Gasteiger partial charge in [0.15, 0.2) is 0 Å². The van der Waals surface area contributed by atoms with Crippen LogP contribution in [0, 0.1) is 0 Å². The minimum atomic E-state index is -1.46. The van der Waals surface area contributed by atoms with Gasteiger partial charge in [-0.15, -0.1) is 0 Å². The molecule has 0 aromatic heterocycles. The van der Waals surface area contributed by atoms with E-state index in [4.69, 9.17) is 14.9 Å². The Labute approximate surface area is 115 Å². The quantitative estimate of drug-likeness (QED) is 0.470. The van der Waals surface area contributed by atoms with E-state index in [0.29, 0.717) is 13.2 Å². The molecule has 0 radical (unpaired) electrons. The summed E-state index contributed by atoms with van der Waals surface area (Å²) in [4.78, 5) is 34.8. The number of hydrogen-bond acceptors (Lipinski definition) is 5. The lowest BCUT2D eigenvalue weighted by atomic mass is 10.2. The highest BCUT2D eigenvalue weighted by atomic mass is 16.5. The van der Waals surface area contributed by atoms with Gasteiger partial charge in [-0.2, -0.15) is 0 Å². The van der Waals surface area contributed by atoms with Crippen LogP contribution in [0.3, 0.4) is 0 Å². The smallest absolute Gasteiger partial charge is 0.326 e. The number of urea groups is 1. The van der Waals surface area contributed by atoms with Crippen LogP contribution in [0.5, 0.6) is 0 Å². The maximum Gasteiger partial charge on any atom is 0.326 e. The number of carbonyl (C=O) groups excluding carboxylic acids is 1. The fraction of sp³-hybridized carbons (Fsp3) is 0.727. The highest BCUT2D eigenvalue weighted by molar-refractivity contribution is 5.86. The van der Waals surface area contributed by atoms with Crippen LogP contribution in [0.25, 0.3) is 0 Å². The third kappa shape index (κ3) is 5.85. The van der Waals surface area contributed by atoms with Gasteiger partial charge in [0.2, 0.25) is 0 Å². The summed E-state index contributed by atoms with van der Waals surface area (Å²) in [5, 5.41) is 21.9. The van der Waals surface area contributed by atoms with E-state index in [2.05, 4.69) is 15.5 Å². The van der Waals surface area contributed by atoms with Crippen molar-refractivity contribution in [2.45, 2.75) is 18.6 Å². The molecule has 1 aliphatic rings. The fourth-order valence-corrected chi connectivity index (χ4v) is 1.78. The van der Waals surface area contributed by atoms with Gasteiger partial charge in [-0.1, -0.05) is 0 Å². The molecule has 0 aromatic rings. The van der Waals surface area contributed by atoms with Crippen molar-refractivity contribution < 1.29 is 29.3 Å². The molecule has 4 N–H and O–H groups in total. The molecule has 114 valence electrons. The zero-order valence-corrected chi connectivity index (χ0v) is 11.2. The molecule has 1 aliphatic heterocycles. The summed E-state index contributed by atoms with van der Waals surface area (Å²) in [6, 6.07) is -2.18. The van der Waals surface area contributed by atoms with Crippen molar-refractivity contribution in [2.75, 3.05) is 33.3 Å². The highest BCUT2D eigenvalue weighted by Crippen LogP contribution is 2.01. The van der Waals surface area contributed by atoms with Crippen molar-refractivity contribution in [3.05, 3.63) is 0 Å². The van der Waals surface area contributed by atoms with E-state index < -0.39 is 30.4 Å². The first-order valence-electron chi connectivity index (χ1n) is 6.17. The number of hydrogen-bond donors (Lipinski definition) is 4. The van der Waals surface area contributed by atoms with Crippen molar-refractivity contribution in [3.8, 4) is 0 Å². The Morgan fingerprint density at radius 3 is 2.65 bits per heavy atom. The van der Waals surface area contributed by atoms with E-state index in [0.717, 1.165) is 6.54 Å². The molecule has 1 heterocycles. The summed E-state index contributed by atoms with van der Waals surface area (Å²) in [7, 11) is 1.93. The van der Waals surface area contributed by atoms with E-state index in [1.807, 2.05) is 7.05 Å². The summed E-state index contributed by atoms with van der Waals surface area (Å²) >= 11 is 0. The van der Waals surface area contributed by atoms with Crippen molar-refractivity contribution >= 4 is 18.0 Å². The van der Waals surface area contributed by atoms with E-state index >= 15 is 0 Å². The molecular formula is C11H19N3O6. The van der Waals surface area contributed by atoms with Crippen LogP contribution in [0.1, 0.15) is 6.42 Å². The van der Waals surface area contributed by atoms with Crippen LogP contribution in [0.2, 0.25) is 0 Å². The van der Waals surface area contributed by atoms with E-state index in [-0.39, 0.29) is 12.6 Å². The molecule has 0 spiro atoms. The number of rotatable bonds is 6. The molecule has 1 saturated heterocycles. The number of nitrogens with zero attached hydrogens (tertiary/aromatic N) is 1. The van der Waals surface area contributed by atoms with Gasteiger partial charge in [0.1, 0.15) is 6.04 Å². The van der Waals surface area contributed by atoms with Gasteiger partial charge in [-0.05, 0) is 7.05 Å². The minimum Gasteiger partial charge on any atom is -0.481 e. The Balaban J connectivity index is 2.34. The van der Waals surface area contributed by atoms with Gasteiger partial charge in [0.05, 0.1) is 19.1 Å². The minimum absolute atomic E-state index is 0.165. The monoisotopic (exact) mass is 289 g/mol. The Morgan fingerprint density at radius 1 is 1.40 bits per heavy atom. The fourth-order valence-electron chi connectivity index (χ4n) is 1.78. The average Bonchev–Trinajstić information content (AvgIpc) is 2.35. The number of morpholine rings is 1. The first-order valence-corrected chi connectivity index (χ1v) is 6.17. The second-order valence-corrected chi connectivity index (χ2v) is 4.60. The molecule has 1 fully saturated rings. The Morgan fingerprint density at radius 2 is 2.10 bits per heavy atom. The zero-order valence-electron chi connectivity index (χ0n) is 11.2. The Hall–Kier alpha value is -1.87. The lowest BCUT2D eigenvalue weighted by molar-refractivity contribution is -0.145. The van der Waals surface area contributed by atoms with Crippen molar-refractivity contribution in [1.29, 1.82) is 0 Å². The van der Waals surface area contributed by atoms with Gasteiger partial charge in [0, 0.05) is 19.6 Å². The SMILES string of the molecule is CN1CCOC(CNC(=O)N[C@H](CC(=O)O)C(=O)O)C1. The van der Waals surface area contributed by atoms with Crippen LogP contribution in [0.15, 0.2) is 0 Å². The number of likely N-dealkylation sites (N-methyl/N-ethyl adjacent to an activating group) is 1. The molecule has 2 amide bonds. The van der Waals surface area contributed by atoms with Crippen LogP contribution in [-0.2, 0) is 14.3 Å². The molecule has 0 aliphatic carbocycles. The molecule has 0 saturated carbocycles. The van der Waals surface area contributed by atoms with Gasteiger partial charge in [-0.3, -0.25) is 4.79 Å². The van der Waals surface area contributed by atoms with Crippen LogP contribution in [0.4, 0.5) is 4.79 Å². The second kappa shape index (κ2) is 7.65. The van der Waals surface area contributed by atoms with Gasteiger partial charge in [-0.25, -0.2) is 9.59 Å². The van der Waals surface area contributed by atoms with Crippen molar-refractivity contribution in [2.24, 2.45) is 0 Å². The molecular weight excluding hydrogens is 270 g/mol. The maximum absolute atomic E-state index is 11.5. The standard InChI is InChI=1S/C11H19N3O6/c1-14-2-3-20-7(6-14)5-12-11(19)13-8(10(17)18)4-9(15)16/h7-8H,2-6H2,1H3,(H,15,16)(H,17,18)(H2,12,13,19)/t7?,8-/m1/s1. The molecule has 20 heavy (non-hydrogen) atoms. The van der Waals surface area contributed by atoms with E-state index in [9.17, 15) is 14.4 Å². The molecule has 0 aromatic carbocycles. The first kappa shape index (κ1) is 16.2. The predicted molar refractivity (Wildman–Crippen MR) is 67.4 cm³/mol. The summed E-state index contributed by atoms with van der Waals surface area (Å²) in [5.41, 5.74) is 0. The molecule has 9 nitrogen and oxygen atoms in total. The van der Waals surface area contributed by atoms with Gasteiger partial charge >= 0.3 is 18.0 Å². The summed E-state index contributed by atoms with van der Waals surface area (Å²) in [6.45, 7) is 2.29. The average molecular weight is 289 g/mol. The predicted octanol–water partition coefficient (Wildman–Crippen LogP) is -1.46. The van der Waals surface area contributed by atoms with Gasteiger partial charge in [0.25, 0.3) is 0 Å². The van der Waals surface area contributed by atoms with Crippen molar-refractivity contribution in [3.63, 3.8) is 0 Å². The summed E-state index contributed by atoms with van der Waals surface area (Å²) in [6.07, 6.45) is -0.840. The topological polar surface area (TPSA) is 128 Å². The molecule has 1 unspecified atom stereocenters. The van der Waals surface area contributed by atoms with E-state index in [1.54, 1.807) is 0 Å². The largest absolute Gasteiger partial charge is 0.481 e. The Kier molecular flexibility index (Phi) is 6.19. The molecule has 9 heteroatoms. The number of carbonyl (C=O) groups is 3.